The Bertz CT molecular complexity index is 1720. The number of aromatic nitrogens is 1. The quantitative estimate of drug-likeness (QED) is 0.440. The zero-order valence-corrected chi connectivity index (χ0v) is 23.4. The summed E-state index contributed by atoms with van der Waals surface area (Å²) in [7, 11) is 0. The second-order valence-electron chi connectivity index (χ2n) is 10.8. The number of rotatable bonds is 6. The Morgan fingerprint density at radius 1 is 1.07 bits per heavy atom. The molecule has 0 spiro atoms. The molecule has 2 saturated heterocycles. The van der Waals surface area contributed by atoms with Crippen molar-refractivity contribution in [3.8, 4) is 5.75 Å². The molecule has 12 nitrogen and oxygen atoms in total. The predicted octanol–water partition coefficient (Wildman–Crippen LogP) is 2.72. The first-order valence-electron chi connectivity index (χ1n) is 13.8. The molecule has 14 heteroatoms. The molecule has 2 amide bonds. The molecule has 226 valence electrons. The first-order valence-corrected chi connectivity index (χ1v) is 13.8. The van der Waals surface area contributed by atoms with Crippen molar-refractivity contribution in [1.29, 1.82) is 0 Å². The number of carbonyl (C=O) groups excluding carboxylic acids is 2. The predicted molar refractivity (Wildman–Crippen MR) is 152 cm³/mol. The number of aromatic carboxylic acids is 1. The lowest BCUT2D eigenvalue weighted by Gasteiger charge is -2.39. The van der Waals surface area contributed by atoms with E-state index in [1.54, 1.807) is 21.6 Å². The van der Waals surface area contributed by atoms with Gasteiger partial charge in [0.2, 0.25) is 11.3 Å². The first-order chi connectivity index (χ1) is 20.5. The number of pyridine rings is 1. The standard InChI is InChI=1S/C29H29F2N5O7/c1-15-14-42-27-24-19(26(38)20(28(39)40)13-35(15)24)10-22(31)25(27)34-7-5-33(6-8-34)23-4-3-17(9-21(23)30)36-12-18(43-29(36)41)11-32-16(2)37/h3-4,9-10,13,15,18H,5-8,11-12,14H2,1-2H3,(H,32,37)(H,39,40)/t15-,18-/m0/s1. The van der Waals surface area contributed by atoms with E-state index >= 15 is 8.78 Å². The largest absolute Gasteiger partial charge is 0.487 e. The minimum absolute atomic E-state index is 0.0631. The molecular formula is C29H29F2N5O7. The fraction of sp³-hybridized carbons (Fsp3) is 0.379. The van der Waals surface area contributed by atoms with Gasteiger partial charge in [-0.15, -0.1) is 0 Å². The van der Waals surface area contributed by atoms with Crippen LogP contribution in [0, 0.1) is 11.6 Å². The zero-order valence-electron chi connectivity index (χ0n) is 23.4. The van der Waals surface area contributed by atoms with Crippen molar-refractivity contribution >= 4 is 45.9 Å². The van der Waals surface area contributed by atoms with Crippen molar-refractivity contribution < 1.29 is 37.7 Å². The maximum Gasteiger partial charge on any atom is 0.414 e. The number of piperazine rings is 1. The number of carbonyl (C=O) groups is 3. The topological polar surface area (TPSA) is 134 Å². The number of ether oxygens (including phenoxy) is 2. The third-order valence-corrected chi connectivity index (χ3v) is 8.00. The van der Waals surface area contributed by atoms with Gasteiger partial charge in [0.1, 0.15) is 29.8 Å². The van der Waals surface area contributed by atoms with E-state index in [0.29, 0.717) is 43.1 Å². The molecule has 0 saturated carbocycles. The van der Waals surface area contributed by atoms with Gasteiger partial charge in [-0.05, 0) is 31.2 Å². The van der Waals surface area contributed by atoms with Crippen LogP contribution in [0.3, 0.4) is 0 Å². The second-order valence-corrected chi connectivity index (χ2v) is 10.8. The van der Waals surface area contributed by atoms with Crippen LogP contribution in [-0.4, -0.2) is 79.6 Å². The summed E-state index contributed by atoms with van der Waals surface area (Å²) < 4.78 is 43.7. The molecule has 0 bridgehead atoms. The van der Waals surface area contributed by atoms with E-state index in [9.17, 15) is 24.3 Å². The highest BCUT2D eigenvalue weighted by Crippen LogP contribution is 2.42. The van der Waals surface area contributed by atoms with E-state index in [4.69, 9.17) is 9.47 Å². The number of anilines is 3. The van der Waals surface area contributed by atoms with E-state index in [1.165, 1.54) is 24.1 Å². The lowest BCUT2D eigenvalue weighted by atomic mass is 10.1. The Morgan fingerprint density at radius 3 is 2.47 bits per heavy atom. The van der Waals surface area contributed by atoms with Gasteiger partial charge in [-0.2, -0.15) is 0 Å². The molecule has 2 aromatic carbocycles. The lowest BCUT2D eigenvalue weighted by Crippen LogP contribution is -2.47. The van der Waals surface area contributed by atoms with E-state index in [0.717, 1.165) is 6.07 Å². The first kappa shape index (κ1) is 28.2. The van der Waals surface area contributed by atoms with Crippen molar-refractivity contribution in [2.24, 2.45) is 0 Å². The summed E-state index contributed by atoms with van der Waals surface area (Å²) in [5.41, 5.74) is -0.0478. The number of nitrogens with zero attached hydrogens (tertiary/aromatic N) is 4. The lowest BCUT2D eigenvalue weighted by molar-refractivity contribution is -0.119. The average molecular weight is 598 g/mol. The molecule has 3 aliphatic heterocycles. The molecule has 43 heavy (non-hydrogen) atoms. The van der Waals surface area contributed by atoms with E-state index in [2.05, 4.69) is 5.32 Å². The molecule has 2 atom stereocenters. The number of hydrogen-bond acceptors (Lipinski definition) is 8. The van der Waals surface area contributed by atoms with Gasteiger partial charge in [-0.25, -0.2) is 18.4 Å². The summed E-state index contributed by atoms with van der Waals surface area (Å²) in [6, 6.07) is 5.25. The monoisotopic (exact) mass is 597 g/mol. The van der Waals surface area contributed by atoms with Gasteiger partial charge < -0.3 is 34.3 Å². The van der Waals surface area contributed by atoms with Crippen molar-refractivity contribution in [2.45, 2.75) is 26.0 Å². The molecule has 0 unspecified atom stereocenters. The summed E-state index contributed by atoms with van der Waals surface area (Å²) in [6.07, 6.45) is 0.105. The maximum atomic E-state index is 15.6. The fourth-order valence-corrected chi connectivity index (χ4v) is 5.85. The highest BCUT2D eigenvalue weighted by atomic mass is 19.1. The molecule has 1 aromatic heterocycles. The smallest absolute Gasteiger partial charge is 0.414 e. The molecule has 6 rings (SSSR count). The number of halogens is 2. The number of nitrogens with one attached hydrogen (secondary N) is 1. The zero-order chi connectivity index (χ0) is 30.6. The van der Waals surface area contributed by atoms with Gasteiger partial charge in [0.25, 0.3) is 0 Å². The number of amides is 2. The Hall–Kier alpha value is -4.88. The normalized spacial score (nSPS) is 19.8. The van der Waals surface area contributed by atoms with Gasteiger partial charge in [-0.3, -0.25) is 14.5 Å². The van der Waals surface area contributed by atoms with Crippen molar-refractivity contribution in [1.82, 2.24) is 9.88 Å². The summed E-state index contributed by atoms with van der Waals surface area (Å²) in [6.45, 7) is 5.00. The third kappa shape index (κ3) is 4.96. The van der Waals surface area contributed by atoms with Crippen molar-refractivity contribution in [2.75, 3.05) is 60.6 Å². The molecule has 2 N–H and O–H groups in total. The Morgan fingerprint density at radius 2 is 1.79 bits per heavy atom. The molecule has 0 radical (unpaired) electrons. The van der Waals surface area contributed by atoms with Crippen LogP contribution in [0.5, 0.6) is 5.75 Å². The van der Waals surface area contributed by atoms with E-state index in [1.807, 2.05) is 11.8 Å². The molecule has 2 fully saturated rings. The van der Waals surface area contributed by atoms with Gasteiger partial charge in [0.05, 0.1) is 41.4 Å². The van der Waals surface area contributed by atoms with Crippen LogP contribution in [0.1, 0.15) is 30.2 Å². The Labute approximate surface area is 244 Å². The highest BCUT2D eigenvalue weighted by Gasteiger charge is 2.34. The Kier molecular flexibility index (Phi) is 7.06. The van der Waals surface area contributed by atoms with Gasteiger partial charge in [-0.1, -0.05) is 0 Å². The molecular weight excluding hydrogens is 568 g/mol. The van der Waals surface area contributed by atoms with Crippen LogP contribution in [0.4, 0.5) is 30.6 Å². The summed E-state index contributed by atoms with van der Waals surface area (Å²) in [5.74, 6) is -2.69. The van der Waals surface area contributed by atoms with Gasteiger partial charge in [0, 0.05) is 39.3 Å². The number of cyclic esters (lactones) is 1. The van der Waals surface area contributed by atoms with Gasteiger partial charge >= 0.3 is 12.1 Å². The van der Waals surface area contributed by atoms with Crippen LogP contribution >= 0.6 is 0 Å². The van der Waals surface area contributed by atoms with E-state index in [-0.39, 0.29) is 48.5 Å². The highest BCUT2D eigenvalue weighted by molar-refractivity contribution is 5.97. The molecule has 4 heterocycles. The van der Waals surface area contributed by atoms with Crippen LogP contribution in [0.25, 0.3) is 10.9 Å². The minimum atomic E-state index is -1.39. The maximum absolute atomic E-state index is 15.6. The van der Waals surface area contributed by atoms with Crippen molar-refractivity contribution in [3.05, 3.63) is 57.9 Å². The van der Waals surface area contributed by atoms with Crippen molar-refractivity contribution in [3.63, 3.8) is 0 Å². The average Bonchev–Trinajstić information content (AvgIpc) is 3.35. The van der Waals surface area contributed by atoms with Crippen LogP contribution < -0.4 is 30.2 Å². The van der Waals surface area contributed by atoms with E-state index < -0.39 is 40.8 Å². The number of carboxylic acids is 1. The minimum Gasteiger partial charge on any atom is -0.487 e. The summed E-state index contributed by atoms with van der Waals surface area (Å²) >= 11 is 0. The fourth-order valence-electron chi connectivity index (χ4n) is 5.85. The SMILES string of the molecule is CC(=O)NC[C@H]1CN(c2ccc(N3CCN(c4c(F)cc5c(=O)c(C(=O)O)cn6c5c4OC[C@@H]6C)CC3)c(F)c2)C(=O)O1. The number of benzene rings is 2. The number of carboxylic acid groups (broad SMARTS) is 1. The Balaban J connectivity index is 1.21. The van der Waals surface area contributed by atoms with Crippen LogP contribution in [0.2, 0.25) is 0 Å². The number of hydrogen-bond donors (Lipinski definition) is 2. The molecule has 3 aromatic rings. The summed E-state index contributed by atoms with van der Waals surface area (Å²) in [4.78, 5) is 52.9. The summed E-state index contributed by atoms with van der Waals surface area (Å²) in [5, 5.41) is 12.0. The van der Waals surface area contributed by atoms with Gasteiger partial charge in [0.15, 0.2) is 11.6 Å². The molecule has 3 aliphatic rings. The third-order valence-electron chi connectivity index (χ3n) is 8.00. The molecule has 0 aliphatic carbocycles. The second kappa shape index (κ2) is 10.7. The van der Waals surface area contributed by atoms with Crippen LogP contribution in [-0.2, 0) is 9.53 Å². The van der Waals surface area contributed by atoms with Crippen LogP contribution in [0.15, 0.2) is 35.3 Å².